The molecule has 0 aliphatic rings. The number of aromatic nitrogens is 2. The minimum absolute atomic E-state index is 0.00288. The molecular weight excluding hydrogens is 311 g/mol. The number of hydrogen-bond donors (Lipinski definition) is 2. The van der Waals surface area contributed by atoms with Gasteiger partial charge in [0, 0.05) is 12.3 Å². The molecule has 0 aliphatic heterocycles. The molecule has 124 valence electrons. The summed E-state index contributed by atoms with van der Waals surface area (Å²) in [5.41, 5.74) is -0.822. The Labute approximate surface area is 130 Å². The summed E-state index contributed by atoms with van der Waals surface area (Å²) < 4.78 is 37.4. The maximum absolute atomic E-state index is 12.2. The predicted octanol–water partition coefficient (Wildman–Crippen LogP) is 2.68. The lowest BCUT2D eigenvalue weighted by molar-refractivity contribution is -0.142. The number of amides is 1. The Hall–Kier alpha value is -2.35. The molecule has 2 rings (SSSR count). The number of aliphatic hydroxyl groups is 1. The van der Waals surface area contributed by atoms with Gasteiger partial charge in [0.2, 0.25) is 5.91 Å². The summed E-state index contributed by atoms with van der Waals surface area (Å²) in [6.07, 6.45) is -3.51. The number of nitrogens with one attached hydrogen (secondary N) is 1. The van der Waals surface area contributed by atoms with Crippen molar-refractivity contribution in [3.63, 3.8) is 0 Å². The lowest BCUT2D eigenvalue weighted by atomic mass is 9.92. The van der Waals surface area contributed by atoms with Crippen LogP contribution in [-0.4, -0.2) is 27.0 Å². The number of halogens is 3. The molecule has 0 aliphatic carbocycles. The van der Waals surface area contributed by atoms with Crippen LogP contribution in [0.1, 0.15) is 18.9 Å². The molecule has 2 aromatic rings. The Balaban J connectivity index is 1.97. The van der Waals surface area contributed by atoms with E-state index in [-0.39, 0.29) is 12.2 Å². The zero-order chi connectivity index (χ0) is 17.1. The first kappa shape index (κ1) is 17.0. The molecule has 8 heteroatoms. The minimum Gasteiger partial charge on any atom is -0.385 e. The van der Waals surface area contributed by atoms with Crippen molar-refractivity contribution in [2.75, 3.05) is 5.32 Å². The second-order valence-electron chi connectivity index (χ2n) is 5.38. The van der Waals surface area contributed by atoms with Crippen LogP contribution in [-0.2, 0) is 16.9 Å². The van der Waals surface area contributed by atoms with Gasteiger partial charge in [-0.15, -0.1) is 0 Å². The van der Waals surface area contributed by atoms with Gasteiger partial charge in [0.25, 0.3) is 0 Å². The van der Waals surface area contributed by atoms with Crippen LogP contribution in [0.4, 0.5) is 19.0 Å². The van der Waals surface area contributed by atoms with Gasteiger partial charge in [0.15, 0.2) is 5.82 Å². The van der Waals surface area contributed by atoms with Crippen LogP contribution in [0, 0.1) is 0 Å². The highest BCUT2D eigenvalue weighted by atomic mass is 19.4. The number of nitrogens with zero attached hydrogens (tertiary/aromatic N) is 2. The van der Waals surface area contributed by atoms with Gasteiger partial charge in [-0.05, 0) is 12.5 Å². The van der Waals surface area contributed by atoms with Crippen LogP contribution < -0.4 is 5.32 Å². The summed E-state index contributed by atoms with van der Waals surface area (Å²) >= 11 is 0. The highest BCUT2D eigenvalue weighted by Gasteiger charge is 2.29. The Bertz CT molecular complexity index is 666. The van der Waals surface area contributed by atoms with Crippen molar-refractivity contribution in [1.29, 1.82) is 0 Å². The van der Waals surface area contributed by atoms with Gasteiger partial charge in [0.1, 0.15) is 6.54 Å². The molecule has 5 nitrogen and oxygen atoms in total. The Kier molecular flexibility index (Phi) is 4.74. The lowest BCUT2D eigenvalue weighted by Crippen LogP contribution is -2.28. The van der Waals surface area contributed by atoms with Crippen molar-refractivity contribution in [2.24, 2.45) is 0 Å². The maximum Gasteiger partial charge on any atom is 0.408 e. The number of benzene rings is 1. The third-order valence-corrected chi connectivity index (χ3v) is 3.15. The molecule has 1 atom stereocenters. The zero-order valence-corrected chi connectivity index (χ0v) is 12.3. The van der Waals surface area contributed by atoms with Gasteiger partial charge in [-0.3, -0.25) is 9.48 Å². The third kappa shape index (κ3) is 5.10. The molecule has 1 heterocycles. The van der Waals surface area contributed by atoms with E-state index in [1.807, 2.05) is 0 Å². The van der Waals surface area contributed by atoms with Crippen molar-refractivity contribution < 1.29 is 23.1 Å². The monoisotopic (exact) mass is 327 g/mol. The number of hydrogen-bond acceptors (Lipinski definition) is 3. The molecule has 0 radical (unpaired) electrons. The van der Waals surface area contributed by atoms with Gasteiger partial charge in [-0.1, -0.05) is 30.3 Å². The van der Waals surface area contributed by atoms with Gasteiger partial charge in [-0.25, -0.2) is 0 Å². The molecule has 0 fully saturated rings. The molecule has 1 amide bonds. The van der Waals surface area contributed by atoms with Crippen LogP contribution in [0.5, 0.6) is 0 Å². The fraction of sp³-hybridized carbons (Fsp3) is 0.333. The number of carbonyl (C=O) groups is 1. The van der Waals surface area contributed by atoms with E-state index in [9.17, 15) is 23.1 Å². The summed E-state index contributed by atoms with van der Waals surface area (Å²) in [4.78, 5) is 12.0. The molecule has 1 unspecified atom stereocenters. The van der Waals surface area contributed by atoms with Crippen LogP contribution in [0.25, 0.3) is 0 Å². The van der Waals surface area contributed by atoms with Gasteiger partial charge >= 0.3 is 6.18 Å². The van der Waals surface area contributed by atoms with Gasteiger partial charge in [0.05, 0.1) is 12.0 Å². The van der Waals surface area contributed by atoms with E-state index in [2.05, 4.69) is 10.4 Å². The molecular formula is C15H16F3N3O2. The van der Waals surface area contributed by atoms with Crippen LogP contribution in [0.3, 0.4) is 0 Å². The van der Waals surface area contributed by atoms with Crippen molar-refractivity contribution in [1.82, 2.24) is 9.78 Å². The molecule has 0 saturated heterocycles. The quantitative estimate of drug-likeness (QED) is 0.887. The van der Waals surface area contributed by atoms with Gasteiger partial charge in [-0.2, -0.15) is 18.3 Å². The highest BCUT2D eigenvalue weighted by Crippen LogP contribution is 2.24. The first-order chi connectivity index (χ1) is 10.7. The van der Waals surface area contributed by atoms with Crippen molar-refractivity contribution in [2.45, 2.75) is 31.7 Å². The number of carbonyl (C=O) groups excluding carboxylic acids is 1. The second kappa shape index (κ2) is 6.41. The molecule has 1 aromatic carbocycles. The molecule has 0 bridgehead atoms. The molecule has 0 saturated carbocycles. The third-order valence-electron chi connectivity index (χ3n) is 3.15. The summed E-state index contributed by atoms with van der Waals surface area (Å²) in [6.45, 7) is 0.259. The lowest BCUT2D eigenvalue weighted by Gasteiger charge is -2.22. The average molecular weight is 327 g/mol. The smallest absolute Gasteiger partial charge is 0.385 e. The van der Waals surface area contributed by atoms with Crippen LogP contribution >= 0.6 is 0 Å². The first-order valence-electron chi connectivity index (χ1n) is 6.84. The van der Waals surface area contributed by atoms with E-state index in [0.717, 1.165) is 6.20 Å². The zero-order valence-electron chi connectivity index (χ0n) is 12.3. The summed E-state index contributed by atoms with van der Waals surface area (Å²) in [5.74, 6) is -0.542. The summed E-state index contributed by atoms with van der Waals surface area (Å²) in [7, 11) is 0. The molecule has 1 aromatic heterocycles. The van der Waals surface area contributed by atoms with E-state index >= 15 is 0 Å². The fourth-order valence-electron chi connectivity index (χ4n) is 2.10. The largest absolute Gasteiger partial charge is 0.408 e. The molecule has 0 spiro atoms. The number of anilines is 1. The van der Waals surface area contributed by atoms with E-state index in [1.54, 1.807) is 30.3 Å². The molecule has 2 N–H and O–H groups in total. The maximum atomic E-state index is 12.2. The van der Waals surface area contributed by atoms with E-state index in [4.69, 9.17) is 0 Å². The average Bonchev–Trinajstić information content (AvgIpc) is 2.83. The first-order valence-corrected chi connectivity index (χ1v) is 6.84. The Morgan fingerprint density at radius 2 is 1.91 bits per heavy atom. The normalized spacial score (nSPS) is 14.3. The van der Waals surface area contributed by atoms with E-state index in [1.165, 1.54) is 13.0 Å². The SMILES string of the molecule is CC(O)(CC(=O)Nc1ccn(CC(F)(F)F)n1)c1ccccc1. The molecule has 23 heavy (non-hydrogen) atoms. The topological polar surface area (TPSA) is 67.2 Å². The van der Waals surface area contributed by atoms with Gasteiger partial charge < -0.3 is 10.4 Å². The fourth-order valence-corrected chi connectivity index (χ4v) is 2.10. The summed E-state index contributed by atoms with van der Waals surface area (Å²) in [6, 6.07) is 9.89. The Morgan fingerprint density at radius 1 is 1.26 bits per heavy atom. The van der Waals surface area contributed by atoms with Crippen molar-refractivity contribution >= 4 is 11.7 Å². The number of rotatable bonds is 5. The highest BCUT2D eigenvalue weighted by molar-refractivity contribution is 5.90. The van der Waals surface area contributed by atoms with E-state index in [0.29, 0.717) is 10.2 Å². The van der Waals surface area contributed by atoms with E-state index < -0.39 is 24.2 Å². The predicted molar refractivity (Wildman–Crippen MR) is 77.5 cm³/mol. The second-order valence-corrected chi connectivity index (χ2v) is 5.38. The van der Waals surface area contributed by atoms with Crippen molar-refractivity contribution in [3.05, 3.63) is 48.2 Å². The van der Waals surface area contributed by atoms with Crippen molar-refractivity contribution in [3.8, 4) is 0 Å². The standard InChI is InChI=1S/C15H16F3N3O2/c1-14(23,11-5-3-2-4-6-11)9-13(22)19-12-7-8-21(20-12)10-15(16,17)18/h2-8,23H,9-10H2,1H3,(H,19,20,22). The Morgan fingerprint density at radius 3 is 2.52 bits per heavy atom. The summed E-state index contributed by atoms with van der Waals surface area (Å²) in [5, 5.41) is 16.4. The minimum atomic E-state index is -4.38. The van der Waals surface area contributed by atoms with Crippen LogP contribution in [0.2, 0.25) is 0 Å². The van der Waals surface area contributed by atoms with Crippen LogP contribution in [0.15, 0.2) is 42.6 Å². The number of alkyl halides is 3.